The number of carbonyl (C=O) groups excluding carboxylic acids is 1. The normalized spacial score (nSPS) is 16.9. The van der Waals surface area contributed by atoms with Gasteiger partial charge in [-0.3, -0.25) is 4.79 Å². The van der Waals surface area contributed by atoms with Crippen LogP contribution in [0.3, 0.4) is 0 Å². The summed E-state index contributed by atoms with van der Waals surface area (Å²) in [4.78, 5) is 22.4. The van der Waals surface area contributed by atoms with Gasteiger partial charge in [0.05, 0.1) is 6.10 Å². The van der Waals surface area contributed by atoms with Gasteiger partial charge in [-0.25, -0.2) is 4.79 Å². The SMILES string of the molecule is CC(C)OCCCC(=O)NC(C(=O)O)C1CC1. The Bertz CT molecular complexity index is 274. The Morgan fingerprint density at radius 2 is 2.06 bits per heavy atom. The van der Waals surface area contributed by atoms with Crippen LogP contribution in [0.15, 0.2) is 0 Å². The Morgan fingerprint density at radius 1 is 1.41 bits per heavy atom. The zero-order valence-corrected chi connectivity index (χ0v) is 10.4. The number of aliphatic carboxylic acids is 1. The monoisotopic (exact) mass is 243 g/mol. The largest absolute Gasteiger partial charge is 0.480 e. The lowest BCUT2D eigenvalue weighted by molar-refractivity contribution is -0.142. The van der Waals surface area contributed by atoms with Gasteiger partial charge in [0.2, 0.25) is 5.91 Å². The Kier molecular flexibility index (Phi) is 5.41. The summed E-state index contributed by atoms with van der Waals surface area (Å²) in [5.41, 5.74) is 0. The van der Waals surface area contributed by atoms with Crippen molar-refractivity contribution in [3.63, 3.8) is 0 Å². The first-order chi connectivity index (χ1) is 8.00. The van der Waals surface area contributed by atoms with E-state index in [9.17, 15) is 9.59 Å². The molecule has 17 heavy (non-hydrogen) atoms. The predicted molar refractivity (Wildman–Crippen MR) is 62.6 cm³/mol. The van der Waals surface area contributed by atoms with Gasteiger partial charge in [-0.05, 0) is 39.0 Å². The number of hydrogen-bond acceptors (Lipinski definition) is 3. The van der Waals surface area contributed by atoms with E-state index in [2.05, 4.69) is 5.32 Å². The van der Waals surface area contributed by atoms with Gasteiger partial charge in [0.25, 0.3) is 0 Å². The van der Waals surface area contributed by atoms with Crippen molar-refractivity contribution in [3.8, 4) is 0 Å². The maximum absolute atomic E-state index is 11.5. The molecule has 1 saturated carbocycles. The third kappa shape index (κ3) is 5.68. The number of carboxylic acids is 1. The van der Waals surface area contributed by atoms with Crippen LogP contribution in [-0.2, 0) is 14.3 Å². The van der Waals surface area contributed by atoms with E-state index in [1.807, 2.05) is 13.8 Å². The second kappa shape index (κ2) is 6.59. The van der Waals surface area contributed by atoms with Crippen LogP contribution >= 0.6 is 0 Å². The zero-order valence-electron chi connectivity index (χ0n) is 10.4. The second-order valence-electron chi connectivity index (χ2n) is 4.74. The van der Waals surface area contributed by atoms with Crippen molar-refractivity contribution in [2.75, 3.05) is 6.61 Å². The molecule has 1 amide bonds. The molecule has 0 aromatic carbocycles. The highest BCUT2D eigenvalue weighted by Gasteiger charge is 2.36. The fraction of sp³-hybridized carbons (Fsp3) is 0.833. The fourth-order valence-electron chi connectivity index (χ4n) is 1.61. The molecule has 2 N–H and O–H groups in total. The maximum Gasteiger partial charge on any atom is 0.326 e. The molecular formula is C12H21NO4. The third-order valence-corrected chi connectivity index (χ3v) is 2.68. The first-order valence-electron chi connectivity index (χ1n) is 6.14. The number of amides is 1. The van der Waals surface area contributed by atoms with Crippen molar-refractivity contribution < 1.29 is 19.4 Å². The number of hydrogen-bond donors (Lipinski definition) is 2. The lowest BCUT2D eigenvalue weighted by atomic mass is 10.2. The van der Waals surface area contributed by atoms with Crippen molar-refractivity contribution in [3.05, 3.63) is 0 Å². The first-order valence-corrected chi connectivity index (χ1v) is 6.14. The molecule has 1 unspecified atom stereocenters. The topological polar surface area (TPSA) is 75.6 Å². The minimum Gasteiger partial charge on any atom is -0.480 e. The number of rotatable bonds is 8. The number of carboxylic acid groups (broad SMARTS) is 1. The van der Waals surface area contributed by atoms with E-state index in [1.165, 1.54) is 0 Å². The highest BCUT2D eigenvalue weighted by Crippen LogP contribution is 2.32. The molecule has 0 spiro atoms. The van der Waals surface area contributed by atoms with Gasteiger partial charge in [-0.15, -0.1) is 0 Å². The fourth-order valence-corrected chi connectivity index (χ4v) is 1.61. The first kappa shape index (κ1) is 14.0. The van der Waals surface area contributed by atoms with Crippen molar-refractivity contribution in [2.45, 2.75) is 51.7 Å². The van der Waals surface area contributed by atoms with Crippen LogP contribution in [-0.4, -0.2) is 35.7 Å². The number of ether oxygens (including phenoxy) is 1. The summed E-state index contributed by atoms with van der Waals surface area (Å²) in [6.07, 6.45) is 2.90. The molecule has 0 heterocycles. The Hall–Kier alpha value is -1.10. The summed E-state index contributed by atoms with van der Waals surface area (Å²) in [6.45, 7) is 4.41. The van der Waals surface area contributed by atoms with Crippen molar-refractivity contribution in [2.24, 2.45) is 5.92 Å². The Morgan fingerprint density at radius 3 is 2.53 bits per heavy atom. The van der Waals surface area contributed by atoms with Crippen LogP contribution in [0.5, 0.6) is 0 Å². The van der Waals surface area contributed by atoms with E-state index in [0.717, 1.165) is 12.8 Å². The predicted octanol–water partition coefficient (Wildman–Crippen LogP) is 1.17. The smallest absolute Gasteiger partial charge is 0.326 e. The highest BCUT2D eigenvalue weighted by atomic mass is 16.5. The molecule has 1 aliphatic rings. The maximum atomic E-state index is 11.5. The van der Waals surface area contributed by atoms with Crippen LogP contribution in [0.1, 0.15) is 39.5 Å². The summed E-state index contributed by atoms with van der Waals surface area (Å²) < 4.78 is 5.31. The van der Waals surface area contributed by atoms with Crippen LogP contribution < -0.4 is 5.32 Å². The van der Waals surface area contributed by atoms with Gasteiger partial charge in [-0.2, -0.15) is 0 Å². The molecule has 5 heteroatoms. The lowest BCUT2D eigenvalue weighted by Crippen LogP contribution is -2.42. The van der Waals surface area contributed by atoms with Crippen LogP contribution in [0.25, 0.3) is 0 Å². The number of carbonyl (C=O) groups is 2. The van der Waals surface area contributed by atoms with Gasteiger partial charge >= 0.3 is 5.97 Å². The molecule has 1 rings (SSSR count). The molecule has 0 aliphatic heterocycles. The molecule has 1 fully saturated rings. The van der Waals surface area contributed by atoms with Gasteiger partial charge < -0.3 is 15.2 Å². The standard InChI is InChI=1S/C12H21NO4/c1-8(2)17-7-3-4-10(14)13-11(12(15)16)9-5-6-9/h8-9,11H,3-7H2,1-2H3,(H,13,14)(H,15,16). The molecule has 0 radical (unpaired) electrons. The summed E-state index contributed by atoms with van der Waals surface area (Å²) in [5, 5.41) is 11.5. The molecule has 5 nitrogen and oxygen atoms in total. The van der Waals surface area contributed by atoms with Gasteiger partial charge in [0.1, 0.15) is 6.04 Å². The zero-order chi connectivity index (χ0) is 12.8. The van der Waals surface area contributed by atoms with E-state index in [4.69, 9.17) is 9.84 Å². The second-order valence-corrected chi connectivity index (χ2v) is 4.74. The molecule has 98 valence electrons. The summed E-state index contributed by atoms with van der Waals surface area (Å²) >= 11 is 0. The average Bonchev–Trinajstić information content (AvgIpc) is 3.04. The van der Waals surface area contributed by atoms with Crippen molar-refractivity contribution in [1.82, 2.24) is 5.32 Å². The average molecular weight is 243 g/mol. The molecule has 0 bridgehead atoms. The van der Waals surface area contributed by atoms with Gasteiger partial charge in [0.15, 0.2) is 0 Å². The molecule has 1 atom stereocenters. The number of nitrogens with one attached hydrogen (secondary N) is 1. The molecule has 1 aliphatic carbocycles. The Labute approximate surface area is 102 Å². The summed E-state index contributed by atoms with van der Waals surface area (Å²) in [7, 11) is 0. The Balaban J connectivity index is 2.16. The van der Waals surface area contributed by atoms with Crippen LogP contribution in [0.4, 0.5) is 0 Å². The molecule has 0 aromatic heterocycles. The van der Waals surface area contributed by atoms with E-state index in [0.29, 0.717) is 19.4 Å². The van der Waals surface area contributed by atoms with Gasteiger partial charge in [0, 0.05) is 13.0 Å². The van der Waals surface area contributed by atoms with E-state index < -0.39 is 12.0 Å². The molecule has 0 saturated heterocycles. The molecular weight excluding hydrogens is 222 g/mol. The van der Waals surface area contributed by atoms with Gasteiger partial charge in [-0.1, -0.05) is 0 Å². The van der Waals surface area contributed by atoms with Crippen LogP contribution in [0.2, 0.25) is 0 Å². The van der Waals surface area contributed by atoms with E-state index in [1.54, 1.807) is 0 Å². The quantitative estimate of drug-likeness (QED) is 0.627. The minimum atomic E-state index is -0.931. The van der Waals surface area contributed by atoms with E-state index >= 15 is 0 Å². The molecule has 0 aromatic rings. The third-order valence-electron chi connectivity index (χ3n) is 2.68. The highest BCUT2D eigenvalue weighted by molar-refractivity contribution is 5.83. The van der Waals surface area contributed by atoms with Crippen LogP contribution in [0, 0.1) is 5.92 Å². The minimum absolute atomic E-state index is 0.128. The van der Waals surface area contributed by atoms with E-state index in [-0.39, 0.29) is 17.9 Å². The summed E-state index contributed by atoms with van der Waals surface area (Å²) in [6, 6.07) is -0.700. The summed E-state index contributed by atoms with van der Waals surface area (Å²) in [5.74, 6) is -1.00. The lowest BCUT2D eigenvalue weighted by Gasteiger charge is -2.13. The van der Waals surface area contributed by atoms with Crippen molar-refractivity contribution in [1.29, 1.82) is 0 Å². The van der Waals surface area contributed by atoms with Crippen molar-refractivity contribution >= 4 is 11.9 Å².